The lowest BCUT2D eigenvalue weighted by Crippen LogP contribution is -2.57. The van der Waals surface area contributed by atoms with Crippen LogP contribution in [-0.2, 0) is 24.0 Å². The zero-order valence-electron chi connectivity index (χ0n) is 18.6. The smallest absolute Gasteiger partial charge is 0.326 e. The van der Waals surface area contributed by atoms with E-state index in [0.29, 0.717) is 31.6 Å². The summed E-state index contributed by atoms with van der Waals surface area (Å²) < 4.78 is 0. The first kappa shape index (κ1) is 31.0. The summed E-state index contributed by atoms with van der Waals surface area (Å²) in [6, 6.07) is -4.50. The third-order valence-corrected chi connectivity index (χ3v) is 5.64. The van der Waals surface area contributed by atoms with Gasteiger partial charge in [0.25, 0.3) is 0 Å². The highest BCUT2D eigenvalue weighted by molar-refractivity contribution is 7.98. The zero-order chi connectivity index (χ0) is 25.4. The predicted octanol–water partition coefficient (Wildman–Crippen LogP) is -1.47. The maximum absolute atomic E-state index is 12.7. The van der Waals surface area contributed by atoms with Crippen LogP contribution in [0, 0.1) is 0 Å². The molecule has 0 fully saturated rings. The summed E-state index contributed by atoms with van der Waals surface area (Å²) in [6.07, 6.45) is 2.84. The first-order valence-corrected chi connectivity index (χ1v) is 12.5. The molecule has 190 valence electrons. The average Bonchev–Trinajstić information content (AvgIpc) is 2.76. The number of carbonyl (C=O) groups excluding carboxylic acids is 3. The number of unbranched alkanes of at least 4 members (excludes halogenated alkanes) is 1. The van der Waals surface area contributed by atoms with Crippen LogP contribution in [0.2, 0.25) is 0 Å². The number of hydrogen-bond acceptors (Lipinski definition) is 9. The van der Waals surface area contributed by atoms with E-state index < -0.39 is 60.2 Å². The van der Waals surface area contributed by atoms with Crippen LogP contribution < -0.4 is 27.4 Å². The number of hydrogen-bond donors (Lipinski definition) is 8. The van der Waals surface area contributed by atoms with Crippen molar-refractivity contribution < 1.29 is 34.2 Å². The minimum atomic E-state index is -1.25. The van der Waals surface area contributed by atoms with Gasteiger partial charge in [0.05, 0.1) is 6.04 Å². The molecule has 0 saturated heterocycles. The van der Waals surface area contributed by atoms with Crippen LogP contribution in [0.5, 0.6) is 0 Å². The second-order valence-electron chi connectivity index (χ2n) is 7.31. The summed E-state index contributed by atoms with van der Waals surface area (Å²) in [5, 5.41) is 25.4. The minimum Gasteiger partial charge on any atom is -0.481 e. The van der Waals surface area contributed by atoms with Gasteiger partial charge in [0.1, 0.15) is 18.1 Å². The first-order chi connectivity index (χ1) is 15.6. The van der Waals surface area contributed by atoms with Crippen molar-refractivity contribution in [3.63, 3.8) is 0 Å². The molecule has 0 aliphatic heterocycles. The van der Waals surface area contributed by atoms with Crippen molar-refractivity contribution >= 4 is 54.1 Å². The Bertz CT molecular complexity index is 668. The molecule has 0 aromatic carbocycles. The normalized spacial score (nSPS) is 14.4. The molecule has 0 saturated carbocycles. The van der Waals surface area contributed by atoms with Gasteiger partial charge in [0.15, 0.2) is 0 Å². The average molecular weight is 510 g/mol. The fourth-order valence-corrected chi connectivity index (χ4v) is 3.43. The molecule has 14 heteroatoms. The van der Waals surface area contributed by atoms with E-state index in [4.69, 9.17) is 16.6 Å². The van der Waals surface area contributed by atoms with Crippen molar-refractivity contribution in [3.05, 3.63) is 0 Å². The quantitative estimate of drug-likeness (QED) is 0.0793. The highest BCUT2D eigenvalue weighted by atomic mass is 32.2. The molecule has 12 nitrogen and oxygen atoms in total. The van der Waals surface area contributed by atoms with Crippen molar-refractivity contribution in [1.82, 2.24) is 16.0 Å². The second kappa shape index (κ2) is 17.4. The Morgan fingerprint density at radius 2 is 1.45 bits per heavy atom. The fraction of sp³-hybridized carbons (Fsp3) is 0.737. The summed E-state index contributed by atoms with van der Waals surface area (Å²) in [7, 11) is 0. The number of amides is 3. The van der Waals surface area contributed by atoms with Gasteiger partial charge in [-0.2, -0.15) is 24.4 Å². The van der Waals surface area contributed by atoms with Gasteiger partial charge in [0, 0.05) is 12.2 Å². The molecule has 33 heavy (non-hydrogen) atoms. The van der Waals surface area contributed by atoms with Crippen molar-refractivity contribution in [3.8, 4) is 0 Å². The van der Waals surface area contributed by atoms with E-state index >= 15 is 0 Å². The molecule has 0 rings (SSSR count). The van der Waals surface area contributed by atoms with Crippen LogP contribution in [0.1, 0.15) is 38.5 Å². The standard InChI is InChI=1S/C19H35N5O7S2/c1-33-9-7-11(21)16(27)22-12(5-6-15(25)26)17(28)24-14(10-32)18(29)23-13(19(30)31)4-2-3-8-20/h11-14,32H,2-10,20-21H2,1H3,(H,22,27)(H,23,29)(H,24,28)(H,25,26)(H,30,31). The van der Waals surface area contributed by atoms with Gasteiger partial charge in [-0.15, -0.1) is 0 Å². The lowest BCUT2D eigenvalue weighted by molar-refractivity contribution is -0.142. The van der Waals surface area contributed by atoms with Gasteiger partial charge < -0.3 is 37.6 Å². The van der Waals surface area contributed by atoms with E-state index in [-0.39, 0.29) is 18.6 Å². The zero-order valence-corrected chi connectivity index (χ0v) is 20.3. The molecule has 0 spiro atoms. The van der Waals surface area contributed by atoms with Crippen LogP contribution in [0.25, 0.3) is 0 Å². The molecule has 0 radical (unpaired) electrons. The van der Waals surface area contributed by atoms with Gasteiger partial charge in [-0.25, -0.2) is 4.79 Å². The van der Waals surface area contributed by atoms with Crippen molar-refractivity contribution in [1.29, 1.82) is 0 Å². The maximum Gasteiger partial charge on any atom is 0.326 e. The highest BCUT2D eigenvalue weighted by Gasteiger charge is 2.29. The molecule has 4 unspecified atom stereocenters. The van der Waals surface area contributed by atoms with Crippen LogP contribution in [0.3, 0.4) is 0 Å². The molecule has 4 atom stereocenters. The first-order valence-electron chi connectivity index (χ1n) is 10.5. The lowest BCUT2D eigenvalue weighted by atomic mass is 10.1. The number of carbonyl (C=O) groups is 5. The van der Waals surface area contributed by atoms with E-state index in [0.717, 1.165) is 0 Å². The number of rotatable bonds is 18. The van der Waals surface area contributed by atoms with E-state index in [9.17, 15) is 29.1 Å². The van der Waals surface area contributed by atoms with E-state index in [1.807, 2.05) is 6.26 Å². The Labute approximate surface area is 202 Å². The van der Waals surface area contributed by atoms with Crippen LogP contribution >= 0.6 is 24.4 Å². The summed E-state index contributed by atoms with van der Waals surface area (Å²) in [5.74, 6) is -4.11. The number of carboxylic acid groups (broad SMARTS) is 2. The van der Waals surface area contributed by atoms with Crippen molar-refractivity contribution in [2.45, 2.75) is 62.7 Å². The van der Waals surface area contributed by atoms with Gasteiger partial charge in [-0.1, -0.05) is 0 Å². The SMILES string of the molecule is CSCCC(N)C(=O)NC(CCC(=O)O)C(=O)NC(CS)C(=O)NC(CCCCN)C(=O)O. The fourth-order valence-electron chi connectivity index (χ4n) is 2.68. The summed E-state index contributed by atoms with van der Waals surface area (Å²) in [4.78, 5) is 59.9. The van der Waals surface area contributed by atoms with E-state index in [1.165, 1.54) is 11.8 Å². The molecule has 0 aromatic rings. The number of nitrogens with one attached hydrogen (secondary N) is 3. The van der Waals surface area contributed by atoms with Gasteiger partial charge >= 0.3 is 11.9 Å². The third kappa shape index (κ3) is 13.3. The number of nitrogens with two attached hydrogens (primary N) is 2. The molecular formula is C19H35N5O7S2. The third-order valence-electron chi connectivity index (χ3n) is 4.63. The number of thioether (sulfide) groups is 1. The van der Waals surface area contributed by atoms with Gasteiger partial charge in [0.2, 0.25) is 17.7 Å². The number of thiol groups is 1. The lowest BCUT2D eigenvalue weighted by Gasteiger charge is -2.24. The van der Waals surface area contributed by atoms with Crippen LogP contribution in [-0.4, -0.2) is 88.3 Å². The maximum atomic E-state index is 12.7. The summed E-state index contributed by atoms with van der Waals surface area (Å²) in [5.41, 5.74) is 11.2. The second-order valence-corrected chi connectivity index (χ2v) is 8.66. The Morgan fingerprint density at radius 1 is 0.879 bits per heavy atom. The predicted molar refractivity (Wildman–Crippen MR) is 128 cm³/mol. The van der Waals surface area contributed by atoms with Crippen molar-refractivity contribution in [2.75, 3.05) is 24.3 Å². The molecule has 0 aliphatic carbocycles. The molecule has 0 heterocycles. The summed E-state index contributed by atoms with van der Waals surface area (Å²) in [6.45, 7) is 0.389. The highest BCUT2D eigenvalue weighted by Crippen LogP contribution is 2.05. The number of aliphatic carboxylic acids is 2. The van der Waals surface area contributed by atoms with Crippen LogP contribution in [0.15, 0.2) is 0 Å². The minimum absolute atomic E-state index is 0.153. The molecule has 0 aliphatic rings. The Kier molecular flexibility index (Phi) is 16.4. The topological polar surface area (TPSA) is 214 Å². The Morgan fingerprint density at radius 3 is 1.97 bits per heavy atom. The van der Waals surface area contributed by atoms with Gasteiger partial charge in [-0.05, 0) is 50.7 Å². The van der Waals surface area contributed by atoms with Gasteiger partial charge in [-0.3, -0.25) is 19.2 Å². The number of carboxylic acids is 2. The monoisotopic (exact) mass is 509 g/mol. The van der Waals surface area contributed by atoms with Crippen molar-refractivity contribution in [2.24, 2.45) is 11.5 Å². The molecular weight excluding hydrogens is 474 g/mol. The molecule has 0 bridgehead atoms. The molecule has 3 amide bonds. The Hall–Kier alpha value is -2.03. The van der Waals surface area contributed by atoms with E-state index in [1.54, 1.807) is 0 Å². The largest absolute Gasteiger partial charge is 0.481 e. The molecule has 9 N–H and O–H groups in total. The van der Waals surface area contributed by atoms with Crippen LogP contribution in [0.4, 0.5) is 0 Å². The summed E-state index contributed by atoms with van der Waals surface area (Å²) >= 11 is 5.54. The van der Waals surface area contributed by atoms with E-state index in [2.05, 4.69) is 28.6 Å². The molecule has 0 aromatic heterocycles. The Balaban J connectivity index is 5.20.